The van der Waals surface area contributed by atoms with Gasteiger partial charge in [0.25, 0.3) is 11.0 Å². The van der Waals surface area contributed by atoms with Gasteiger partial charge in [-0.2, -0.15) is 17.9 Å². The molecular formula is C15H14F4N4O3. The van der Waals surface area contributed by atoms with Gasteiger partial charge in [-0.1, -0.05) is 0 Å². The van der Waals surface area contributed by atoms with Crippen LogP contribution >= 0.6 is 0 Å². The molecule has 26 heavy (non-hydrogen) atoms. The number of hydrogen-bond donors (Lipinski definition) is 1. The first-order valence-corrected chi connectivity index (χ1v) is 7.69. The molecule has 0 aliphatic carbocycles. The average Bonchev–Trinajstić information content (AvgIpc) is 2.56. The fourth-order valence-corrected chi connectivity index (χ4v) is 3.01. The van der Waals surface area contributed by atoms with E-state index in [0.717, 1.165) is 13.0 Å². The SMILES string of the molecule is CC(=O)c1c(C(F)(F)F)[n+]([O-])c2cc(F)c(N3CCNCC3)cc2[n+]1[O-]. The van der Waals surface area contributed by atoms with Crippen molar-refractivity contribution in [2.45, 2.75) is 13.1 Å². The number of rotatable bonds is 2. The van der Waals surface area contributed by atoms with Crippen LogP contribution in [-0.2, 0) is 6.18 Å². The van der Waals surface area contributed by atoms with Gasteiger partial charge in [0.1, 0.15) is 0 Å². The molecule has 1 aliphatic rings. The van der Waals surface area contributed by atoms with Crippen LogP contribution < -0.4 is 19.7 Å². The molecule has 11 heteroatoms. The summed E-state index contributed by atoms with van der Waals surface area (Å²) in [6.45, 7) is 2.70. The third kappa shape index (κ3) is 2.87. The quantitative estimate of drug-likeness (QED) is 0.365. The summed E-state index contributed by atoms with van der Waals surface area (Å²) in [6.07, 6.45) is -5.25. The largest absolute Gasteiger partial charge is 0.618 e. The van der Waals surface area contributed by atoms with Crippen molar-refractivity contribution in [2.75, 3.05) is 31.1 Å². The van der Waals surface area contributed by atoms with E-state index < -0.39 is 44.9 Å². The van der Waals surface area contributed by atoms with Crippen molar-refractivity contribution in [1.29, 1.82) is 0 Å². The maximum Gasteiger partial charge on any atom is 0.486 e. The summed E-state index contributed by atoms with van der Waals surface area (Å²) in [7, 11) is 0. The van der Waals surface area contributed by atoms with Crippen LogP contribution in [0.3, 0.4) is 0 Å². The van der Waals surface area contributed by atoms with Gasteiger partial charge in [0.05, 0.1) is 11.8 Å². The monoisotopic (exact) mass is 374 g/mol. The first-order chi connectivity index (χ1) is 12.1. The minimum absolute atomic E-state index is 0.0159. The number of nitrogens with zero attached hydrogens (tertiary/aromatic N) is 3. The summed E-state index contributed by atoms with van der Waals surface area (Å²) in [6, 6.07) is 1.59. The van der Waals surface area contributed by atoms with Gasteiger partial charge in [0.15, 0.2) is 5.82 Å². The molecule has 0 atom stereocenters. The molecule has 2 aromatic rings. The van der Waals surface area contributed by atoms with Crippen molar-refractivity contribution in [2.24, 2.45) is 0 Å². The number of aromatic nitrogens is 2. The predicted molar refractivity (Wildman–Crippen MR) is 81.9 cm³/mol. The van der Waals surface area contributed by atoms with E-state index in [-0.39, 0.29) is 10.4 Å². The average molecular weight is 374 g/mol. The third-order valence-electron chi connectivity index (χ3n) is 4.17. The van der Waals surface area contributed by atoms with Crippen LogP contribution in [0.1, 0.15) is 23.1 Å². The number of halogens is 4. The minimum atomic E-state index is -5.25. The molecule has 0 radical (unpaired) electrons. The number of carbonyl (C=O) groups excluding carboxylic acids is 1. The number of Topliss-reactive ketones (excluding diaryl/α,β-unsaturated/α-hetero) is 1. The number of benzene rings is 1. The molecule has 140 valence electrons. The fourth-order valence-electron chi connectivity index (χ4n) is 3.01. The summed E-state index contributed by atoms with van der Waals surface area (Å²) in [5, 5.41) is 27.7. The zero-order valence-corrected chi connectivity index (χ0v) is 13.6. The summed E-state index contributed by atoms with van der Waals surface area (Å²) in [5.41, 5.74) is -4.60. The summed E-state index contributed by atoms with van der Waals surface area (Å²) in [5.74, 6) is -2.14. The number of fused-ring (bicyclic) bond motifs is 1. The lowest BCUT2D eigenvalue weighted by molar-refractivity contribution is -0.647. The lowest BCUT2D eigenvalue weighted by Crippen LogP contribution is -2.50. The van der Waals surface area contributed by atoms with Gasteiger partial charge in [-0.15, -0.1) is 4.73 Å². The van der Waals surface area contributed by atoms with Crippen molar-refractivity contribution >= 4 is 22.5 Å². The highest BCUT2D eigenvalue weighted by Gasteiger charge is 2.50. The molecule has 1 aromatic heterocycles. The van der Waals surface area contributed by atoms with Gasteiger partial charge in [-0.25, -0.2) is 4.39 Å². The normalized spacial score (nSPS) is 15.5. The summed E-state index contributed by atoms with van der Waals surface area (Å²) in [4.78, 5) is 13.2. The van der Waals surface area contributed by atoms with Gasteiger partial charge >= 0.3 is 17.6 Å². The molecule has 0 spiro atoms. The van der Waals surface area contributed by atoms with E-state index in [1.54, 1.807) is 4.90 Å². The number of ketones is 1. The van der Waals surface area contributed by atoms with Crippen LogP contribution in [0.5, 0.6) is 0 Å². The van der Waals surface area contributed by atoms with Crippen molar-refractivity contribution in [3.63, 3.8) is 0 Å². The standard InChI is InChI=1S/C15H14F4N4O3/c1-8(24)13-14(15(17,18)19)23(26)11-6-9(16)10(7-12(11)22(13)25)21-4-2-20-3-5-21/h6-7,20H,2-5H2,1H3. The van der Waals surface area contributed by atoms with Gasteiger partial charge in [-0.05, 0) is 0 Å². The summed E-state index contributed by atoms with van der Waals surface area (Å²) < 4.78 is 53.2. The second-order valence-corrected chi connectivity index (χ2v) is 5.87. The van der Waals surface area contributed by atoms with E-state index in [1.165, 1.54) is 0 Å². The highest BCUT2D eigenvalue weighted by molar-refractivity contribution is 5.92. The second-order valence-electron chi connectivity index (χ2n) is 5.87. The highest BCUT2D eigenvalue weighted by Crippen LogP contribution is 2.31. The minimum Gasteiger partial charge on any atom is -0.618 e. The zero-order chi connectivity index (χ0) is 19.2. The Bertz CT molecular complexity index is 895. The van der Waals surface area contributed by atoms with E-state index in [9.17, 15) is 32.8 Å². The molecule has 7 nitrogen and oxygen atoms in total. The Kier molecular flexibility index (Phi) is 4.34. The molecule has 2 heterocycles. The maximum absolute atomic E-state index is 14.4. The van der Waals surface area contributed by atoms with Crippen LogP contribution in [0, 0.1) is 16.2 Å². The van der Waals surface area contributed by atoms with Crippen LogP contribution in [-0.4, -0.2) is 32.0 Å². The molecule has 0 unspecified atom stereocenters. The summed E-state index contributed by atoms with van der Waals surface area (Å²) >= 11 is 0. The Morgan fingerprint density at radius 2 is 1.73 bits per heavy atom. The number of anilines is 1. The van der Waals surface area contributed by atoms with Gasteiger partial charge in [0.2, 0.25) is 5.78 Å². The molecule has 3 rings (SSSR count). The number of carbonyl (C=O) groups is 1. The number of alkyl halides is 3. The second kappa shape index (κ2) is 6.24. The number of hydrogen-bond acceptors (Lipinski definition) is 5. The molecule has 1 N–H and O–H groups in total. The van der Waals surface area contributed by atoms with Crippen LogP contribution in [0.4, 0.5) is 23.2 Å². The number of piperazine rings is 1. The molecule has 0 saturated carbocycles. The van der Waals surface area contributed by atoms with E-state index in [1.807, 2.05) is 0 Å². The van der Waals surface area contributed by atoms with E-state index in [4.69, 9.17) is 0 Å². The van der Waals surface area contributed by atoms with Crippen LogP contribution in [0.15, 0.2) is 12.1 Å². The Morgan fingerprint density at radius 1 is 1.15 bits per heavy atom. The fraction of sp³-hybridized carbons (Fsp3) is 0.400. The smallest absolute Gasteiger partial charge is 0.486 e. The molecule has 0 bridgehead atoms. The van der Waals surface area contributed by atoms with Crippen molar-refractivity contribution in [3.05, 3.63) is 39.8 Å². The lowest BCUT2D eigenvalue weighted by Gasteiger charge is -2.29. The number of nitrogens with one attached hydrogen (secondary N) is 1. The first kappa shape index (κ1) is 18.1. The lowest BCUT2D eigenvalue weighted by atomic mass is 10.1. The van der Waals surface area contributed by atoms with Gasteiger partial charge < -0.3 is 20.6 Å². The van der Waals surface area contributed by atoms with Crippen molar-refractivity contribution in [1.82, 2.24) is 5.32 Å². The van der Waals surface area contributed by atoms with E-state index in [0.29, 0.717) is 32.2 Å². The zero-order valence-electron chi connectivity index (χ0n) is 13.6. The highest BCUT2D eigenvalue weighted by atomic mass is 19.4. The molecule has 1 fully saturated rings. The Morgan fingerprint density at radius 3 is 2.27 bits per heavy atom. The Balaban J connectivity index is 2.34. The topological polar surface area (TPSA) is 86.2 Å². The molecular weight excluding hydrogens is 360 g/mol. The van der Waals surface area contributed by atoms with Crippen molar-refractivity contribution < 1.29 is 31.8 Å². The first-order valence-electron chi connectivity index (χ1n) is 7.69. The third-order valence-corrected chi connectivity index (χ3v) is 4.17. The molecule has 1 aromatic carbocycles. The Labute approximate surface area is 144 Å². The Hall–Kier alpha value is -2.69. The molecule has 1 aliphatic heterocycles. The molecule has 0 amide bonds. The molecule has 1 saturated heterocycles. The van der Waals surface area contributed by atoms with E-state index in [2.05, 4.69) is 5.32 Å². The van der Waals surface area contributed by atoms with Gasteiger partial charge in [0, 0.05) is 39.2 Å². The van der Waals surface area contributed by atoms with Crippen LogP contribution in [0.2, 0.25) is 0 Å². The van der Waals surface area contributed by atoms with Crippen molar-refractivity contribution in [3.8, 4) is 0 Å². The predicted octanol–water partition coefficient (Wildman–Crippen LogP) is 0.877. The van der Waals surface area contributed by atoms with Gasteiger partial charge in [-0.3, -0.25) is 4.79 Å². The maximum atomic E-state index is 14.4. The van der Waals surface area contributed by atoms with E-state index >= 15 is 0 Å². The van der Waals surface area contributed by atoms with Crippen LogP contribution in [0.25, 0.3) is 11.0 Å².